The second-order valence-electron chi connectivity index (χ2n) is 5.47. The lowest BCUT2D eigenvalue weighted by molar-refractivity contribution is 0.0933. The number of nitrogens with two attached hydrogens (primary N) is 1. The Morgan fingerprint density at radius 3 is 2.82 bits per heavy atom. The van der Waals surface area contributed by atoms with E-state index in [9.17, 15) is 4.79 Å². The maximum atomic E-state index is 12.2. The number of rotatable bonds is 4. The smallest absolute Gasteiger partial charge is 0.273 e. The van der Waals surface area contributed by atoms with E-state index in [1.165, 1.54) is 18.0 Å². The minimum absolute atomic E-state index is 0.123. The van der Waals surface area contributed by atoms with Crippen molar-refractivity contribution >= 4 is 11.7 Å². The average Bonchev–Trinajstić information content (AvgIpc) is 2.95. The summed E-state index contributed by atoms with van der Waals surface area (Å²) in [5.41, 5.74) is 7.16. The fraction of sp³-hybridized carbons (Fsp3) is 0.312. The van der Waals surface area contributed by atoms with E-state index < -0.39 is 0 Å². The molecule has 1 atom stereocenters. The zero-order chi connectivity index (χ0) is 15.4. The summed E-state index contributed by atoms with van der Waals surface area (Å²) in [5, 5.41) is 2.99. The number of nitrogen functional groups attached to an aromatic ring is 1. The molecule has 1 saturated heterocycles. The second kappa shape index (κ2) is 6.53. The van der Waals surface area contributed by atoms with E-state index in [-0.39, 0.29) is 23.5 Å². The fourth-order valence-corrected chi connectivity index (χ4v) is 2.71. The number of carbonyl (C=O) groups excluding carboxylic acids is 1. The van der Waals surface area contributed by atoms with E-state index in [1.807, 2.05) is 18.2 Å². The van der Waals surface area contributed by atoms with Crippen molar-refractivity contribution in [3.8, 4) is 0 Å². The van der Waals surface area contributed by atoms with Gasteiger partial charge in [-0.3, -0.25) is 9.69 Å². The highest BCUT2D eigenvalue weighted by atomic mass is 16.2. The molecule has 22 heavy (non-hydrogen) atoms. The van der Waals surface area contributed by atoms with Crippen LogP contribution in [0.2, 0.25) is 0 Å². The molecule has 0 bridgehead atoms. The van der Waals surface area contributed by atoms with Crippen LogP contribution in [0.1, 0.15) is 22.5 Å². The van der Waals surface area contributed by atoms with Gasteiger partial charge in [0.05, 0.1) is 0 Å². The highest BCUT2D eigenvalue weighted by molar-refractivity contribution is 5.96. The van der Waals surface area contributed by atoms with Crippen LogP contribution in [0.25, 0.3) is 0 Å². The van der Waals surface area contributed by atoms with Gasteiger partial charge in [-0.05, 0) is 12.0 Å². The normalized spacial score (nSPS) is 18.3. The average molecular weight is 297 g/mol. The van der Waals surface area contributed by atoms with Crippen molar-refractivity contribution in [3.63, 3.8) is 0 Å². The van der Waals surface area contributed by atoms with Crippen LogP contribution in [-0.4, -0.2) is 39.9 Å². The molecule has 0 spiro atoms. The van der Waals surface area contributed by atoms with Gasteiger partial charge in [0.2, 0.25) is 0 Å². The molecule has 1 aliphatic heterocycles. The molecule has 1 fully saturated rings. The maximum absolute atomic E-state index is 12.2. The largest absolute Gasteiger partial charge is 0.382 e. The molecule has 0 saturated carbocycles. The lowest BCUT2D eigenvalue weighted by Gasteiger charge is -2.16. The molecule has 0 aliphatic carbocycles. The molecule has 1 aromatic carbocycles. The number of nitrogens with zero attached hydrogens (tertiary/aromatic N) is 3. The quantitative estimate of drug-likeness (QED) is 0.881. The summed E-state index contributed by atoms with van der Waals surface area (Å²) in [4.78, 5) is 22.4. The van der Waals surface area contributed by atoms with Crippen LogP contribution in [0.15, 0.2) is 42.7 Å². The lowest BCUT2D eigenvalue weighted by atomic mass is 10.2. The van der Waals surface area contributed by atoms with E-state index in [4.69, 9.17) is 5.73 Å². The minimum Gasteiger partial charge on any atom is -0.382 e. The van der Waals surface area contributed by atoms with E-state index >= 15 is 0 Å². The number of benzene rings is 1. The van der Waals surface area contributed by atoms with Gasteiger partial charge >= 0.3 is 0 Å². The number of hydrogen-bond donors (Lipinski definition) is 2. The van der Waals surface area contributed by atoms with Crippen LogP contribution >= 0.6 is 0 Å². The van der Waals surface area contributed by atoms with Gasteiger partial charge in [-0.2, -0.15) is 0 Å². The molecule has 6 nitrogen and oxygen atoms in total. The molecular formula is C16H19N5O. The van der Waals surface area contributed by atoms with E-state index in [1.54, 1.807) is 0 Å². The lowest BCUT2D eigenvalue weighted by Crippen LogP contribution is -2.37. The van der Waals surface area contributed by atoms with Crippen LogP contribution in [-0.2, 0) is 6.54 Å². The number of hydrogen-bond acceptors (Lipinski definition) is 5. The first-order valence-electron chi connectivity index (χ1n) is 7.36. The van der Waals surface area contributed by atoms with Gasteiger partial charge < -0.3 is 11.1 Å². The first-order valence-corrected chi connectivity index (χ1v) is 7.36. The summed E-state index contributed by atoms with van der Waals surface area (Å²) in [5.74, 6) is -0.0868. The Morgan fingerprint density at radius 2 is 2.05 bits per heavy atom. The zero-order valence-corrected chi connectivity index (χ0v) is 12.3. The molecule has 6 heteroatoms. The highest BCUT2D eigenvalue weighted by Gasteiger charge is 2.25. The third kappa shape index (κ3) is 3.40. The van der Waals surface area contributed by atoms with Crippen molar-refractivity contribution in [2.75, 3.05) is 18.8 Å². The molecule has 0 radical (unpaired) electrons. The summed E-state index contributed by atoms with van der Waals surface area (Å²) in [6, 6.07) is 10.5. The summed E-state index contributed by atoms with van der Waals surface area (Å²) in [7, 11) is 0. The maximum Gasteiger partial charge on any atom is 0.273 e. The van der Waals surface area contributed by atoms with Crippen LogP contribution < -0.4 is 11.1 Å². The topological polar surface area (TPSA) is 84.1 Å². The number of anilines is 1. The Hall–Kier alpha value is -2.47. The summed E-state index contributed by atoms with van der Waals surface area (Å²) in [6.07, 6.45) is 3.88. The summed E-state index contributed by atoms with van der Waals surface area (Å²) < 4.78 is 0. The van der Waals surface area contributed by atoms with Crippen LogP contribution in [0.4, 0.5) is 5.82 Å². The molecule has 3 rings (SSSR count). The molecular weight excluding hydrogens is 278 g/mol. The van der Waals surface area contributed by atoms with Crippen LogP contribution in [0.3, 0.4) is 0 Å². The molecule has 114 valence electrons. The third-order valence-electron chi connectivity index (χ3n) is 3.80. The van der Waals surface area contributed by atoms with Crippen molar-refractivity contribution in [1.29, 1.82) is 0 Å². The van der Waals surface area contributed by atoms with Crippen molar-refractivity contribution in [2.45, 2.75) is 19.0 Å². The van der Waals surface area contributed by atoms with Gasteiger partial charge in [0.25, 0.3) is 5.91 Å². The molecule has 1 amide bonds. The Kier molecular flexibility index (Phi) is 4.29. The van der Waals surface area contributed by atoms with Crippen LogP contribution in [0.5, 0.6) is 0 Å². The SMILES string of the molecule is Nc1nccnc1C(=O)N[C@@H]1CCN(Cc2ccccc2)C1. The van der Waals surface area contributed by atoms with Gasteiger partial charge in [0, 0.05) is 38.1 Å². The predicted molar refractivity (Wildman–Crippen MR) is 84.0 cm³/mol. The van der Waals surface area contributed by atoms with E-state index in [0.29, 0.717) is 0 Å². The van der Waals surface area contributed by atoms with Crippen molar-refractivity contribution in [3.05, 3.63) is 54.0 Å². The first kappa shape index (κ1) is 14.5. The molecule has 2 aromatic rings. The Balaban J connectivity index is 1.55. The molecule has 0 unspecified atom stereocenters. The number of nitrogens with one attached hydrogen (secondary N) is 1. The Morgan fingerprint density at radius 1 is 1.27 bits per heavy atom. The van der Waals surface area contributed by atoms with E-state index in [2.05, 4.69) is 32.3 Å². The molecule has 2 heterocycles. The summed E-state index contributed by atoms with van der Waals surface area (Å²) in [6.45, 7) is 2.71. The van der Waals surface area contributed by atoms with Gasteiger partial charge in [-0.25, -0.2) is 9.97 Å². The highest BCUT2D eigenvalue weighted by Crippen LogP contribution is 2.14. The van der Waals surface area contributed by atoms with E-state index in [0.717, 1.165) is 26.1 Å². The fourth-order valence-electron chi connectivity index (χ4n) is 2.71. The van der Waals surface area contributed by atoms with Crippen molar-refractivity contribution in [1.82, 2.24) is 20.2 Å². The van der Waals surface area contributed by atoms with Gasteiger partial charge in [0.1, 0.15) is 0 Å². The Bertz CT molecular complexity index is 646. The first-order chi connectivity index (χ1) is 10.7. The van der Waals surface area contributed by atoms with Gasteiger partial charge in [-0.15, -0.1) is 0 Å². The monoisotopic (exact) mass is 297 g/mol. The number of amides is 1. The van der Waals surface area contributed by atoms with Crippen LogP contribution in [0, 0.1) is 0 Å². The molecule has 3 N–H and O–H groups in total. The predicted octanol–water partition coefficient (Wildman–Crippen LogP) is 1.06. The van der Waals surface area contributed by atoms with Crippen molar-refractivity contribution < 1.29 is 4.79 Å². The number of aromatic nitrogens is 2. The second-order valence-corrected chi connectivity index (χ2v) is 5.47. The third-order valence-corrected chi connectivity index (χ3v) is 3.80. The standard InChI is InChI=1S/C16H19N5O/c17-15-14(18-7-8-19-15)16(22)20-13-6-9-21(11-13)10-12-4-2-1-3-5-12/h1-5,7-8,13H,6,9-11H2,(H2,17,19)(H,20,22)/t13-/m1/s1. The number of likely N-dealkylation sites (tertiary alicyclic amines) is 1. The minimum atomic E-state index is -0.253. The van der Waals surface area contributed by atoms with Gasteiger partial charge in [0.15, 0.2) is 11.5 Å². The number of carbonyl (C=O) groups is 1. The Labute approximate surface area is 129 Å². The zero-order valence-electron chi connectivity index (χ0n) is 12.3. The van der Waals surface area contributed by atoms with Crippen molar-refractivity contribution in [2.24, 2.45) is 0 Å². The van der Waals surface area contributed by atoms with Gasteiger partial charge in [-0.1, -0.05) is 30.3 Å². The molecule has 1 aliphatic rings. The molecule has 1 aromatic heterocycles. The summed E-state index contributed by atoms with van der Waals surface area (Å²) >= 11 is 0.